The van der Waals surface area contributed by atoms with Crippen LogP contribution in [-0.4, -0.2) is 29.5 Å². The Morgan fingerprint density at radius 3 is 1.89 bits per heavy atom. The van der Waals surface area contributed by atoms with Gasteiger partial charge in [0.15, 0.2) is 0 Å². The highest BCUT2D eigenvalue weighted by molar-refractivity contribution is 7.89. The van der Waals surface area contributed by atoms with E-state index in [1.165, 1.54) is 24.3 Å². The molecule has 0 spiro atoms. The quantitative estimate of drug-likeness (QED) is 0.138. The molecule has 1 heterocycles. The predicted octanol–water partition coefficient (Wildman–Crippen LogP) is 7.47. The number of unbranched alkanes of at least 4 members (excludes halogenated alkanes) is 1. The van der Waals surface area contributed by atoms with Crippen LogP contribution < -0.4 is 9.88 Å². The van der Waals surface area contributed by atoms with Crippen molar-refractivity contribution in [2.24, 2.45) is 5.14 Å². The Kier molecular flexibility index (Phi) is 10.4. The largest absolute Gasteiger partial charge is 0.435 e. The third-order valence-corrected chi connectivity index (χ3v) is 8.40. The number of hydrogen-bond donors (Lipinski definition) is 1. The molecule has 0 bridgehead atoms. The van der Waals surface area contributed by atoms with Gasteiger partial charge in [0.25, 0.3) is 0 Å². The molecule has 45 heavy (non-hydrogen) atoms. The van der Waals surface area contributed by atoms with Crippen molar-refractivity contribution in [3.05, 3.63) is 126 Å². The normalized spacial score (nSPS) is 11.8. The first-order valence-electron chi connectivity index (χ1n) is 14.8. The van der Waals surface area contributed by atoms with Crippen LogP contribution in [0.4, 0.5) is 8.78 Å². The lowest BCUT2D eigenvalue weighted by molar-refractivity contribution is -0.0498. The number of alkyl halides is 2. The Labute approximate surface area is 263 Å². The average Bonchev–Trinajstić information content (AvgIpc) is 3.39. The first-order chi connectivity index (χ1) is 21.7. The maximum atomic E-state index is 12.8. The van der Waals surface area contributed by atoms with Gasteiger partial charge < -0.3 is 9.30 Å². The fraction of sp³-hybridized carbons (Fsp3) is 0.229. The van der Waals surface area contributed by atoms with Crippen LogP contribution in [0.1, 0.15) is 36.6 Å². The molecule has 0 aliphatic rings. The molecule has 5 rings (SSSR count). The van der Waals surface area contributed by atoms with Gasteiger partial charge in [0.2, 0.25) is 10.0 Å². The molecule has 4 aromatic carbocycles. The molecule has 2 N–H and O–H groups in total. The molecule has 0 unspecified atom stereocenters. The molecule has 0 amide bonds. The standard InChI is InChI=1S/C35H36F2N4O3S/c1-2-3-22-41-32(33(28-10-6-4-7-11-28)39-34(41)29-12-8-5-9-13-29)25-40(23-26-14-18-30(19-15-26)44-35(36)37)24-27-16-20-31(21-17-27)45(38,42)43/h4-21,35H,2-3,22-25H2,1H3,(H2,38,42,43). The first-order valence-corrected chi connectivity index (χ1v) is 16.3. The summed E-state index contributed by atoms with van der Waals surface area (Å²) in [5, 5.41) is 5.33. The van der Waals surface area contributed by atoms with Crippen molar-refractivity contribution in [2.75, 3.05) is 0 Å². The number of imidazole rings is 1. The Hall–Kier alpha value is -4.38. The second-order valence-electron chi connectivity index (χ2n) is 10.8. The van der Waals surface area contributed by atoms with E-state index < -0.39 is 16.6 Å². The van der Waals surface area contributed by atoms with Crippen LogP contribution in [0, 0.1) is 0 Å². The second-order valence-corrected chi connectivity index (χ2v) is 12.4. The van der Waals surface area contributed by atoms with Gasteiger partial charge in [-0.3, -0.25) is 4.90 Å². The molecule has 0 saturated carbocycles. The highest BCUT2D eigenvalue weighted by Crippen LogP contribution is 2.32. The molecule has 0 aliphatic heterocycles. The minimum atomic E-state index is -3.82. The molecule has 7 nitrogen and oxygen atoms in total. The SMILES string of the molecule is CCCCn1c(-c2ccccc2)nc(-c2ccccc2)c1CN(Cc1ccc(OC(F)F)cc1)Cc1ccc(S(N)(=O)=O)cc1. The maximum Gasteiger partial charge on any atom is 0.387 e. The Morgan fingerprint density at radius 2 is 1.36 bits per heavy atom. The zero-order chi connectivity index (χ0) is 31.8. The number of aromatic nitrogens is 2. The molecular formula is C35H36F2N4O3S. The van der Waals surface area contributed by atoms with Crippen molar-refractivity contribution < 1.29 is 21.9 Å². The van der Waals surface area contributed by atoms with E-state index in [9.17, 15) is 17.2 Å². The van der Waals surface area contributed by atoms with E-state index in [1.54, 1.807) is 24.3 Å². The van der Waals surface area contributed by atoms with Gasteiger partial charge in [0.05, 0.1) is 16.3 Å². The summed E-state index contributed by atoms with van der Waals surface area (Å²) < 4.78 is 56.1. The Bertz CT molecular complexity index is 1780. The molecule has 10 heteroatoms. The number of hydrogen-bond acceptors (Lipinski definition) is 5. The summed E-state index contributed by atoms with van der Waals surface area (Å²) in [7, 11) is -3.82. The van der Waals surface area contributed by atoms with E-state index >= 15 is 0 Å². The number of nitrogens with two attached hydrogens (primary N) is 1. The summed E-state index contributed by atoms with van der Waals surface area (Å²) >= 11 is 0. The minimum absolute atomic E-state index is 0.0453. The van der Waals surface area contributed by atoms with Crippen molar-refractivity contribution in [3.63, 3.8) is 0 Å². The fourth-order valence-electron chi connectivity index (χ4n) is 5.30. The molecule has 234 valence electrons. The van der Waals surface area contributed by atoms with Crippen molar-refractivity contribution in [1.82, 2.24) is 14.5 Å². The molecule has 0 fully saturated rings. The zero-order valence-corrected chi connectivity index (χ0v) is 25.8. The highest BCUT2D eigenvalue weighted by Gasteiger charge is 2.22. The van der Waals surface area contributed by atoms with E-state index in [4.69, 9.17) is 10.1 Å². The van der Waals surface area contributed by atoms with Crippen LogP contribution >= 0.6 is 0 Å². The molecule has 0 saturated heterocycles. The predicted molar refractivity (Wildman–Crippen MR) is 172 cm³/mol. The van der Waals surface area contributed by atoms with Gasteiger partial charge >= 0.3 is 6.61 Å². The topological polar surface area (TPSA) is 90.4 Å². The van der Waals surface area contributed by atoms with Gasteiger partial charge in [-0.05, 0) is 41.8 Å². The third-order valence-electron chi connectivity index (χ3n) is 7.47. The second kappa shape index (κ2) is 14.6. The van der Waals surface area contributed by atoms with Crippen molar-refractivity contribution in [1.29, 1.82) is 0 Å². The number of halogens is 2. The summed E-state index contributed by atoms with van der Waals surface area (Å²) in [4.78, 5) is 7.49. The first kappa shape index (κ1) is 32.0. The zero-order valence-electron chi connectivity index (χ0n) is 25.0. The molecule has 5 aromatic rings. The molecule has 0 aliphatic carbocycles. The summed E-state index contributed by atoms with van der Waals surface area (Å²) in [5.74, 6) is 0.985. The summed E-state index contributed by atoms with van der Waals surface area (Å²) in [6.07, 6.45) is 1.98. The van der Waals surface area contributed by atoms with Crippen LogP contribution in [0.15, 0.2) is 114 Å². The molecular weight excluding hydrogens is 594 g/mol. The van der Waals surface area contributed by atoms with Gasteiger partial charge in [-0.2, -0.15) is 8.78 Å². The number of benzene rings is 4. The summed E-state index contributed by atoms with van der Waals surface area (Å²) in [6.45, 7) is 1.53. The Balaban J connectivity index is 1.57. The lowest BCUT2D eigenvalue weighted by atomic mass is 10.1. The smallest absolute Gasteiger partial charge is 0.387 e. The maximum absolute atomic E-state index is 12.8. The van der Waals surface area contributed by atoms with E-state index in [0.29, 0.717) is 19.6 Å². The van der Waals surface area contributed by atoms with Crippen molar-refractivity contribution >= 4 is 10.0 Å². The monoisotopic (exact) mass is 630 g/mol. The van der Waals surface area contributed by atoms with E-state index in [-0.39, 0.29) is 10.6 Å². The van der Waals surface area contributed by atoms with Crippen molar-refractivity contribution in [2.45, 2.75) is 57.5 Å². The average molecular weight is 631 g/mol. The van der Waals surface area contributed by atoms with Crippen molar-refractivity contribution in [3.8, 4) is 28.4 Å². The van der Waals surface area contributed by atoms with Crippen LogP contribution in [-0.2, 0) is 36.2 Å². The number of primary sulfonamides is 1. The molecule has 1 aromatic heterocycles. The van der Waals surface area contributed by atoms with Crippen LogP contribution in [0.25, 0.3) is 22.6 Å². The van der Waals surface area contributed by atoms with Gasteiger partial charge in [-0.1, -0.05) is 98.3 Å². The van der Waals surface area contributed by atoms with E-state index in [2.05, 4.69) is 45.4 Å². The van der Waals surface area contributed by atoms with Crippen LogP contribution in [0.3, 0.4) is 0 Å². The van der Waals surface area contributed by atoms with Gasteiger partial charge in [-0.25, -0.2) is 18.5 Å². The lowest BCUT2D eigenvalue weighted by Crippen LogP contribution is -2.24. The number of rotatable bonds is 14. The number of nitrogens with zero attached hydrogens (tertiary/aromatic N) is 3. The highest BCUT2D eigenvalue weighted by atomic mass is 32.2. The Morgan fingerprint density at radius 1 is 0.800 bits per heavy atom. The minimum Gasteiger partial charge on any atom is -0.435 e. The van der Waals surface area contributed by atoms with Gasteiger partial charge in [0.1, 0.15) is 11.6 Å². The number of ether oxygens (including phenoxy) is 1. The lowest BCUT2D eigenvalue weighted by Gasteiger charge is -2.25. The fourth-order valence-corrected chi connectivity index (χ4v) is 5.81. The molecule has 0 atom stereocenters. The van der Waals surface area contributed by atoms with Crippen LogP contribution in [0.5, 0.6) is 5.75 Å². The van der Waals surface area contributed by atoms with E-state index in [0.717, 1.165) is 58.9 Å². The molecule has 0 radical (unpaired) electrons. The van der Waals surface area contributed by atoms with Crippen LogP contribution in [0.2, 0.25) is 0 Å². The summed E-state index contributed by atoms with van der Waals surface area (Å²) in [5.41, 5.74) is 5.77. The third kappa shape index (κ3) is 8.42. The van der Waals surface area contributed by atoms with Gasteiger partial charge in [-0.15, -0.1) is 0 Å². The van der Waals surface area contributed by atoms with E-state index in [1.807, 2.05) is 36.4 Å². The van der Waals surface area contributed by atoms with Gasteiger partial charge in [0, 0.05) is 37.3 Å². The number of sulfonamides is 1. The summed E-state index contributed by atoms with van der Waals surface area (Å²) in [6, 6.07) is 33.4.